The van der Waals surface area contributed by atoms with Crippen LogP contribution in [0.25, 0.3) is 0 Å². The number of non-ortho nitro benzene ring substituents is 1. The van der Waals surface area contributed by atoms with Gasteiger partial charge in [-0.3, -0.25) is 30.6 Å². The van der Waals surface area contributed by atoms with E-state index in [9.17, 15) is 24.5 Å². The highest BCUT2D eigenvalue weighted by molar-refractivity contribution is 6.35. The van der Waals surface area contributed by atoms with Gasteiger partial charge >= 0.3 is 5.97 Å². The summed E-state index contributed by atoms with van der Waals surface area (Å²) in [6.07, 6.45) is 0. The van der Waals surface area contributed by atoms with Crippen LogP contribution >= 0.6 is 23.2 Å². The van der Waals surface area contributed by atoms with Crippen molar-refractivity contribution in [2.75, 3.05) is 7.11 Å². The van der Waals surface area contributed by atoms with Gasteiger partial charge in [-0.15, -0.1) is 0 Å². The highest BCUT2D eigenvalue weighted by atomic mass is 35.5. The molecule has 0 unspecified atom stereocenters. The van der Waals surface area contributed by atoms with Crippen molar-refractivity contribution in [3.8, 4) is 0 Å². The molecule has 0 heterocycles. The molecule has 27 heavy (non-hydrogen) atoms. The molecular formula is C16H11Cl2N3O6. The molecule has 2 aromatic rings. The van der Waals surface area contributed by atoms with Crippen LogP contribution in [0.3, 0.4) is 0 Å². The number of carbonyl (C=O) groups excluding carboxylic acids is 3. The molecule has 0 saturated heterocycles. The van der Waals surface area contributed by atoms with Crippen molar-refractivity contribution in [2.24, 2.45) is 0 Å². The summed E-state index contributed by atoms with van der Waals surface area (Å²) in [4.78, 5) is 46.1. The zero-order valence-corrected chi connectivity index (χ0v) is 15.1. The Hall–Kier alpha value is -3.17. The van der Waals surface area contributed by atoms with Crippen LogP contribution in [0, 0.1) is 10.1 Å². The maximum Gasteiger partial charge on any atom is 0.338 e. The highest BCUT2D eigenvalue weighted by Crippen LogP contribution is 2.20. The van der Waals surface area contributed by atoms with Gasteiger partial charge in [0.15, 0.2) is 0 Å². The standard InChI is InChI=1S/C16H11Cl2N3O6/c1-27-16(24)9-4-8(5-11(6-9)21(25)26)14(22)19-20-15(23)12-7-10(17)2-3-13(12)18/h2-7H,1H3,(H,19,22)(H,20,23). The van der Waals surface area contributed by atoms with Crippen LogP contribution in [-0.2, 0) is 4.74 Å². The molecule has 11 heteroatoms. The van der Waals surface area contributed by atoms with Gasteiger partial charge in [0.2, 0.25) is 0 Å². The molecule has 0 aliphatic carbocycles. The average Bonchev–Trinajstić information content (AvgIpc) is 2.66. The summed E-state index contributed by atoms with van der Waals surface area (Å²) < 4.78 is 4.50. The number of hydrogen-bond acceptors (Lipinski definition) is 6. The molecule has 2 rings (SSSR count). The van der Waals surface area contributed by atoms with E-state index >= 15 is 0 Å². The SMILES string of the molecule is COC(=O)c1cc(C(=O)NNC(=O)c2cc(Cl)ccc2Cl)cc([N+](=O)[O-])c1. The number of hydrazine groups is 1. The van der Waals surface area contributed by atoms with Crippen molar-refractivity contribution in [1.29, 1.82) is 0 Å². The Morgan fingerprint density at radius 3 is 2.26 bits per heavy atom. The summed E-state index contributed by atoms with van der Waals surface area (Å²) in [5.41, 5.74) is 3.28. The normalized spacial score (nSPS) is 10.0. The Kier molecular flexibility index (Phi) is 6.32. The van der Waals surface area contributed by atoms with Gasteiger partial charge in [-0.1, -0.05) is 23.2 Å². The van der Waals surface area contributed by atoms with Crippen LogP contribution in [0.4, 0.5) is 5.69 Å². The van der Waals surface area contributed by atoms with E-state index in [1.807, 2.05) is 0 Å². The lowest BCUT2D eigenvalue weighted by atomic mass is 10.1. The molecule has 0 fully saturated rings. The second kappa shape index (κ2) is 8.47. The number of halogens is 2. The highest BCUT2D eigenvalue weighted by Gasteiger charge is 2.19. The fourth-order valence-corrected chi connectivity index (χ4v) is 2.38. The molecular weight excluding hydrogens is 401 g/mol. The number of nitrogens with one attached hydrogen (secondary N) is 2. The number of methoxy groups -OCH3 is 1. The van der Waals surface area contributed by atoms with Crippen LogP contribution in [0.2, 0.25) is 10.0 Å². The van der Waals surface area contributed by atoms with Crippen molar-refractivity contribution < 1.29 is 24.0 Å². The first kappa shape index (κ1) is 20.1. The quantitative estimate of drug-likeness (QED) is 0.452. The minimum Gasteiger partial charge on any atom is -0.465 e. The van der Waals surface area contributed by atoms with E-state index in [1.54, 1.807) is 0 Å². The largest absolute Gasteiger partial charge is 0.465 e. The van der Waals surface area contributed by atoms with E-state index in [1.165, 1.54) is 18.2 Å². The van der Waals surface area contributed by atoms with E-state index in [0.29, 0.717) is 0 Å². The Morgan fingerprint density at radius 1 is 1.00 bits per heavy atom. The molecule has 0 bridgehead atoms. The van der Waals surface area contributed by atoms with Gasteiger partial charge in [0.25, 0.3) is 17.5 Å². The number of nitrogens with zero attached hydrogens (tertiary/aromatic N) is 1. The monoisotopic (exact) mass is 411 g/mol. The molecule has 0 spiro atoms. The van der Waals surface area contributed by atoms with Gasteiger partial charge in [0.05, 0.1) is 28.2 Å². The van der Waals surface area contributed by atoms with Crippen molar-refractivity contribution in [2.45, 2.75) is 0 Å². The van der Waals surface area contributed by atoms with Gasteiger partial charge in [0.1, 0.15) is 0 Å². The lowest BCUT2D eigenvalue weighted by Gasteiger charge is -2.09. The minimum atomic E-state index is -0.893. The van der Waals surface area contributed by atoms with Crippen molar-refractivity contribution >= 4 is 46.7 Å². The second-order valence-corrected chi connectivity index (χ2v) is 5.89. The summed E-state index contributed by atoms with van der Waals surface area (Å²) in [7, 11) is 1.09. The molecule has 0 atom stereocenters. The minimum absolute atomic E-state index is 0.0127. The lowest BCUT2D eigenvalue weighted by molar-refractivity contribution is -0.384. The molecule has 140 valence electrons. The third kappa shape index (κ3) is 4.93. The van der Waals surface area contributed by atoms with E-state index in [4.69, 9.17) is 23.2 Å². The summed E-state index contributed by atoms with van der Waals surface area (Å²) >= 11 is 11.7. The van der Waals surface area contributed by atoms with Gasteiger partial charge in [0, 0.05) is 22.7 Å². The first-order valence-electron chi connectivity index (χ1n) is 7.16. The Labute approximate surface area is 162 Å². The van der Waals surface area contributed by atoms with Crippen molar-refractivity contribution in [3.05, 3.63) is 73.2 Å². The number of nitro groups is 1. The summed E-state index contributed by atoms with van der Waals surface area (Å²) in [5.74, 6) is -2.51. The van der Waals surface area contributed by atoms with Crippen molar-refractivity contribution in [3.63, 3.8) is 0 Å². The van der Waals surface area contributed by atoms with Gasteiger partial charge in [-0.05, 0) is 24.3 Å². The van der Waals surface area contributed by atoms with E-state index < -0.39 is 28.4 Å². The van der Waals surface area contributed by atoms with Gasteiger partial charge in [-0.2, -0.15) is 0 Å². The number of rotatable bonds is 4. The maximum absolute atomic E-state index is 12.2. The second-order valence-electron chi connectivity index (χ2n) is 5.05. The lowest BCUT2D eigenvalue weighted by Crippen LogP contribution is -2.41. The number of ether oxygens (including phenoxy) is 1. The third-order valence-electron chi connectivity index (χ3n) is 3.27. The van der Waals surface area contributed by atoms with Crippen LogP contribution < -0.4 is 10.9 Å². The van der Waals surface area contributed by atoms with E-state index in [0.717, 1.165) is 25.3 Å². The Morgan fingerprint density at radius 2 is 1.63 bits per heavy atom. The molecule has 2 aromatic carbocycles. The molecule has 2 N–H and O–H groups in total. The number of amides is 2. The van der Waals surface area contributed by atoms with E-state index in [-0.39, 0.29) is 26.7 Å². The number of nitro benzene ring substituents is 1. The van der Waals surface area contributed by atoms with Crippen LogP contribution in [0.5, 0.6) is 0 Å². The zero-order chi connectivity index (χ0) is 20.1. The Bertz CT molecular complexity index is 948. The molecule has 0 aliphatic rings. The predicted molar refractivity (Wildman–Crippen MR) is 95.8 cm³/mol. The number of carbonyl (C=O) groups is 3. The van der Waals surface area contributed by atoms with Crippen molar-refractivity contribution in [1.82, 2.24) is 10.9 Å². The first-order chi connectivity index (χ1) is 12.7. The number of benzene rings is 2. The fraction of sp³-hybridized carbons (Fsp3) is 0.0625. The van der Waals surface area contributed by atoms with Gasteiger partial charge < -0.3 is 4.74 Å². The topological polar surface area (TPSA) is 128 Å². The summed E-state index contributed by atoms with van der Waals surface area (Å²) in [6, 6.07) is 7.19. The summed E-state index contributed by atoms with van der Waals surface area (Å²) in [6.45, 7) is 0. The molecule has 0 aromatic heterocycles. The molecule has 2 amide bonds. The summed E-state index contributed by atoms with van der Waals surface area (Å²) in [5, 5.41) is 11.4. The molecule has 9 nitrogen and oxygen atoms in total. The fourth-order valence-electron chi connectivity index (χ4n) is 2.01. The number of hydrogen-bond donors (Lipinski definition) is 2. The maximum atomic E-state index is 12.2. The third-order valence-corrected chi connectivity index (χ3v) is 3.84. The number of esters is 1. The smallest absolute Gasteiger partial charge is 0.338 e. The van der Waals surface area contributed by atoms with E-state index in [2.05, 4.69) is 15.6 Å². The average molecular weight is 412 g/mol. The first-order valence-corrected chi connectivity index (χ1v) is 7.92. The predicted octanol–water partition coefficient (Wildman–Crippen LogP) is 2.76. The van der Waals surface area contributed by atoms with Crippen LogP contribution in [-0.4, -0.2) is 29.8 Å². The van der Waals surface area contributed by atoms with Crippen LogP contribution in [0.1, 0.15) is 31.1 Å². The Balaban J connectivity index is 2.21. The molecule has 0 aliphatic heterocycles. The molecule has 0 saturated carbocycles. The van der Waals surface area contributed by atoms with Gasteiger partial charge in [-0.25, -0.2) is 4.79 Å². The zero-order valence-electron chi connectivity index (χ0n) is 13.6. The molecule has 0 radical (unpaired) electrons. The van der Waals surface area contributed by atoms with Crippen LogP contribution in [0.15, 0.2) is 36.4 Å².